The number of benzene rings is 3. The number of carbonyl (C=O) groups is 1. The number of rotatable bonds is 6. The molecule has 0 fully saturated rings. The van der Waals surface area contributed by atoms with Gasteiger partial charge in [0.05, 0.1) is 26.8 Å². The molecular weight excluding hydrogens is 454 g/mol. The third kappa shape index (κ3) is 5.43. The van der Waals surface area contributed by atoms with Crippen LogP contribution in [-0.4, -0.2) is 19.4 Å². The van der Waals surface area contributed by atoms with E-state index < -0.39 is 20.8 Å². The van der Waals surface area contributed by atoms with Crippen molar-refractivity contribution >= 4 is 44.5 Å². The predicted octanol–water partition coefficient (Wildman–Crippen LogP) is 5.48. The minimum atomic E-state index is -3.69. The van der Waals surface area contributed by atoms with Crippen molar-refractivity contribution in [2.24, 2.45) is 0 Å². The normalized spacial score (nSPS) is 11.1. The minimum absolute atomic E-state index is 0.0942. The van der Waals surface area contributed by atoms with Crippen LogP contribution in [0.25, 0.3) is 0 Å². The molecule has 0 saturated carbocycles. The number of amides is 2. The van der Waals surface area contributed by atoms with Crippen LogP contribution in [-0.2, 0) is 15.6 Å². The second-order valence-corrected chi connectivity index (χ2v) is 9.55. The maximum atomic E-state index is 13.0. The van der Waals surface area contributed by atoms with Gasteiger partial charge in [0.15, 0.2) is 9.84 Å². The van der Waals surface area contributed by atoms with Gasteiger partial charge in [0.25, 0.3) is 5.69 Å². The van der Waals surface area contributed by atoms with Gasteiger partial charge < -0.3 is 10.6 Å². The fourth-order valence-corrected chi connectivity index (χ4v) is 4.91. The molecule has 0 spiro atoms. The second-order valence-electron chi connectivity index (χ2n) is 7.15. The van der Waals surface area contributed by atoms with Gasteiger partial charge in [-0.2, -0.15) is 0 Å². The van der Waals surface area contributed by atoms with Gasteiger partial charge in [0, 0.05) is 16.8 Å². The molecule has 0 bridgehead atoms. The summed E-state index contributed by atoms with van der Waals surface area (Å²) in [5.41, 5.74) is 1.87. The summed E-state index contributed by atoms with van der Waals surface area (Å²) < 4.78 is 25.9. The van der Waals surface area contributed by atoms with E-state index in [9.17, 15) is 23.3 Å². The molecule has 0 saturated heterocycles. The Bertz CT molecular complexity index is 1290. The largest absolute Gasteiger partial charge is 0.323 e. The average Bonchev–Trinajstić information content (AvgIpc) is 2.72. The molecule has 0 unspecified atom stereocenters. The lowest BCUT2D eigenvalue weighted by Crippen LogP contribution is -2.20. The van der Waals surface area contributed by atoms with Crippen molar-refractivity contribution < 1.29 is 18.1 Å². The van der Waals surface area contributed by atoms with Crippen LogP contribution in [0.15, 0.2) is 65.6 Å². The van der Waals surface area contributed by atoms with Crippen molar-refractivity contribution in [2.45, 2.75) is 24.5 Å². The zero-order valence-corrected chi connectivity index (χ0v) is 18.8. The summed E-state index contributed by atoms with van der Waals surface area (Å²) in [6.45, 7) is 3.20. The molecule has 0 atom stereocenters. The van der Waals surface area contributed by atoms with Crippen molar-refractivity contribution in [3.8, 4) is 0 Å². The van der Waals surface area contributed by atoms with E-state index in [0.717, 1.165) is 0 Å². The van der Waals surface area contributed by atoms with Crippen LogP contribution < -0.4 is 10.6 Å². The number of nitro groups is 1. The lowest BCUT2D eigenvalue weighted by molar-refractivity contribution is -0.385. The molecule has 10 heteroatoms. The third-order valence-corrected chi connectivity index (χ3v) is 6.88. The van der Waals surface area contributed by atoms with E-state index in [0.29, 0.717) is 21.7 Å². The number of nitro benzene ring substituents is 1. The molecule has 166 valence electrons. The molecule has 0 aliphatic heterocycles. The van der Waals surface area contributed by atoms with Crippen LogP contribution in [0.5, 0.6) is 0 Å². The maximum Gasteiger partial charge on any atom is 0.323 e. The van der Waals surface area contributed by atoms with E-state index in [1.54, 1.807) is 49.4 Å². The number of carbonyl (C=O) groups excluding carboxylic acids is 1. The van der Waals surface area contributed by atoms with Crippen molar-refractivity contribution in [3.63, 3.8) is 0 Å². The Morgan fingerprint density at radius 1 is 1.03 bits per heavy atom. The van der Waals surface area contributed by atoms with Crippen molar-refractivity contribution in [1.82, 2.24) is 0 Å². The van der Waals surface area contributed by atoms with Gasteiger partial charge in [0.1, 0.15) is 0 Å². The first-order valence-corrected chi connectivity index (χ1v) is 11.5. The number of nitrogens with one attached hydrogen (secondary N) is 2. The van der Waals surface area contributed by atoms with Gasteiger partial charge >= 0.3 is 6.03 Å². The van der Waals surface area contributed by atoms with Crippen molar-refractivity contribution in [2.75, 3.05) is 10.6 Å². The van der Waals surface area contributed by atoms with Crippen LogP contribution >= 0.6 is 11.6 Å². The fraction of sp³-hybridized carbons (Fsp3) is 0.136. The van der Waals surface area contributed by atoms with Crippen molar-refractivity contribution in [3.05, 3.63) is 92.5 Å². The van der Waals surface area contributed by atoms with E-state index in [4.69, 9.17) is 11.6 Å². The summed E-state index contributed by atoms with van der Waals surface area (Å²) in [5, 5.41) is 16.7. The molecule has 2 amide bonds. The fourth-order valence-electron chi connectivity index (χ4n) is 3.13. The number of aryl methyl sites for hydroxylation is 1. The first-order valence-electron chi connectivity index (χ1n) is 9.46. The Balaban J connectivity index is 1.80. The number of halogens is 1. The summed E-state index contributed by atoms with van der Waals surface area (Å²) >= 11 is 5.86. The zero-order chi connectivity index (χ0) is 23.5. The van der Waals surface area contributed by atoms with Gasteiger partial charge in [-0.25, -0.2) is 13.2 Å². The summed E-state index contributed by atoms with van der Waals surface area (Å²) in [7, 11) is -3.69. The average molecular weight is 474 g/mol. The molecule has 0 aliphatic rings. The molecule has 32 heavy (non-hydrogen) atoms. The molecule has 0 radical (unpaired) electrons. The van der Waals surface area contributed by atoms with Gasteiger partial charge in [-0.1, -0.05) is 35.9 Å². The minimum Gasteiger partial charge on any atom is -0.308 e. The molecule has 8 nitrogen and oxygen atoms in total. The second kappa shape index (κ2) is 9.37. The Kier molecular flexibility index (Phi) is 6.81. The number of anilines is 2. The van der Waals surface area contributed by atoms with Crippen LogP contribution in [0, 0.1) is 24.0 Å². The number of hydrogen-bond acceptors (Lipinski definition) is 5. The highest BCUT2D eigenvalue weighted by molar-refractivity contribution is 7.90. The lowest BCUT2D eigenvalue weighted by Gasteiger charge is -2.13. The first-order chi connectivity index (χ1) is 15.1. The Morgan fingerprint density at radius 2 is 1.72 bits per heavy atom. The summed E-state index contributed by atoms with van der Waals surface area (Å²) in [4.78, 5) is 23.1. The lowest BCUT2D eigenvalue weighted by atomic mass is 10.1. The van der Waals surface area contributed by atoms with Crippen LogP contribution in [0.2, 0.25) is 5.02 Å². The van der Waals surface area contributed by atoms with Crippen LogP contribution in [0.1, 0.15) is 16.7 Å². The van der Waals surface area contributed by atoms with Crippen LogP contribution in [0.3, 0.4) is 0 Å². The van der Waals surface area contributed by atoms with E-state index in [1.165, 1.54) is 25.1 Å². The smallest absolute Gasteiger partial charge is 0.308 e. The molecule has 0 aliphatic carbocycles. The number of urea groups is 1. The SMILES string of the molecule is Cc1ccc(NC(=O)Nc2cccc([N+](=O)[O-])c2C)cc1S(=O)(=O)Cc1ccc(Cl)cc1. The van der Waals surface area contributed by atoms with Gasteiger partial charge in [0.2, 0.25) is 0 Å². The highest BCUT2D eigenvalue weighted by Gasteiger charge is 2.20. The van der Waals surface area contributed by atoms with Gasteiger partial charge in [-0.15, -0.1) is 0 Å². The summed E-state index contributed by atoms with van der Waals surface area (Å²) in [6, 6.07) is 14.8. The highest BCUT2D eigenvalue weighted by Crippen LogP contribution is 2.27. The Morgan fingerprint density at radius 3 is 2.38 bits per heavy atom. The highest BCUT2D eigenvalue weighted by atomic mass is 35.5. The predicted molar refractivity (Wildman–Crippen MR) is 124 cm³/mol. The Labute approximate surface area is 190 Å². The van der Waals surface area contributed by atoms with Crippen LogP contribution in [0.4, 0.5) is 21.9 Å². The van der Waals surface area contributed by atoms with E-state index >= 15 is 0 Å². The van der Waals surface area contributed by atoms with E-state index in [-0.39, 0.29) is 27.7 Å². The topological polar surface area (TPSA) is 118 Å². The maximum absolute atomic E-state index is 13.0. The molecule has 3 aromatic carbocycles. The van der Waals surface area contributed by atoms with E-state index in [1.807, 2.05) is 0 Å². The van der Waals surface area contributed by atoms with Gasteiger partial charge in [-0.05, 0) is 55.3 Å². The quantitative estimate of drug-likeness (QED) is 0.362. The van der Waals surface area contributed by atoms with Gasteiger partial charge in [-0.3, -0.25) is 10.1 Å². The van der Waals surface area contributed by atoms with E-state index in [2.05, 4.69) is 10.6 Å². The number of sulfone groups is 1. The monoisotopic (exact) mass is 473 g/mol. The molecule has 0 aromatic heterocycles. The molecule has 2 N–H and O–H groups in total. The Hall–Kier alpha value is -3.43. The summed E-state index contributed by atoms with van der Waals surface area (Å²) in [5.74, 6) is -0.215. The first kappa shape index (κ1) is 23.2. The summed E-state index contributed by atoms with van der Waals surface area (Å²) in [6.07, 6.45) is 0. The number of hydrogen-bond donors (Lipinski definition) is 2. The molecule has 3 aromatic rings. The number of nitrogens with zero attached hydrogens (tertiary/aromatic N) is 1. The standard InChI is InChI=1S/C22H20ClN3O5S/c1-14-6-11-18(12-21(14)32(30,31)13-16-7-9-17(23)10-8-16)24-22(27)25-19-4-3-5-20(15(19)2)26(28)29/h3-12H,13H2,1-2H3,(H2,24,25,27). The molecular formula is C22H20ClN3O5S. The zero-order valence-electron chi connectivity index (χ0n) is 17.3. The molecule has 0 heterocycles. The molecule has 3 rings (SSSR count). The van der Waals surface area contributed by atoms with Crippen molar-refractivity contribution in [1.29, 1.82) is 0 Å². The third-order valence-electron chi connectivity index (χ3n) is 4.80.